The predicted octanol–water partition coefficient (Wildman–Crippen LogP) is 6.05. The second-order valence-electron chi connectivity index (χ2n) is 10.9. The quantitative estimate of drug-likeness (QED) is 0.247. The maximum Gasteiger partial charge on any atom is 0.422 e. The lowest BCUT2D eigenvalue weighted by Gasteiger charge is -2.38. The number of carboxylic acid groups (broad SMARTS) is 1. The average Bonchev–Trinajstić information content (AvgIpc) is 3.58. The molecule has 1 fully saturated rings. The number of carbonyl (C=O) groups is 1. The summed E-state index contributed by atoms with van der Waals surface area (Å²) in [5.74, 6) is -1.35. The molecule has 6 rings (SSSR count). The van der Waals surface area contributed by atoms with Gasteiger partial charge in [0.2, 0.25) is 0 Å². The van der Waals surface area contributed by atoms with Gasteiger partial charge in [0.25, 0.3) is 0 Å². The molecule has 3 N–H and O–H groups in total. The molecule has 2 aliphatic rings. The van der Waals surface area contributed by atoms with Gasteiger partial charge in [-0.25, -0.2) is 0 Å². The summed E-state index contributed by atoms with van der Waals surface area (Å²) in [7, 11) is 0. The summed E-state index contributed by atoms with van der Waals surface area (Å²) in [6.45, 7) is 1.35. The number of aliphatic hydroxyl groups excluding tert-OH is 1. The fourth-order valence-corrected chi connectivity index (χ4v) is 6.23. The van der Waals surface area contributed by atoms with Gasteiger partial charge in [-0.2, -0.15) is 13.2 Å². The molecule has 0 saturated carbocycles. The number of nitrogens with zero attached hydrogens (tertiary/aromatic N) is 2. The van der Waals surface area contributed by atoms with Crippen LogP contribution in [0.5, 0.6) is 0 Å². The van der Waals surface area contributed by atoms with Crippen LogP contribution in [0.4, 0.5) is 13.2 Å². The van der Waals surface area contributed by atoms with Gasteiger partial charge in [0, 0.05) is 23.2 Å². The molecule has 1 aliphatic carbocycles. The summed E-state index contributed by atoms with van der Waals surface area (Å²) in [4.78, 5) is 11.6. The molecule has 2 atom stereocenters. The lowest BCUT2D eigenvalue weighted by Crippen LogP contribution is -2.42. The molecule has 3 heterocycles. The molecule has 0 amide bonds. The van der Waals surface area contributed by atoms with E-state index in [0.29, 0.717) is 54.6 Å². The van der Waals surface area contributed by atoms with Crippen LogP contribution in [0.1, 0.15) is 54.0 Å². The minimum absolute atomic E-state index is 0.0268. The van der Waals surface area contributed by atoms with Crippen molar-refractivity contribution in [1.82, 2.24) is 15.6 Å². The van der Waals surface area contributed by atoms with E-state index in [2.05, 4.69) is 15.6 Å². The number of alkyl halides is 3. The fraction of sp³-hybridized carbons (Fsp3) is 0.367. The first-order valence-electron chi connectivity index (χ1n) is 13.5. The highest BCUT2D eigenvalue weighted by atomic mass is 19.4. The molecule has 2 aromatic carbocycles. The minimum Gasteiger partial charge on any atom is -0.481 e. The molecule has 1 saturated heterocycles. The molecular formula is C30H28F3N3O5. The number of hydrogen-bond donors (Lipinski definition) is 3. The predicted molar refractivity (Wildman–Crippen MR) is 142 cm³/mol. The van der Waals surface area contributed by atoms with E-state index in [1.54, 1.807) is 30.3 Å². The van der Waals surface area contributed by atoms with Crippen molar-refractivity contribution in [3.05, 3.63) is 70.8 Å². The maximum absolute atomic E-state index is 14.3. The number of aliphatic hydroxyl groups is 1. The second-order valence-corrected chi connectivity index (χ2v) is 10.9. The number of aliphatic carboxylic acids is 1. The van der Waals surface area contributed by atoms with Crippen LogP contribution >= 0.6 is 0 Å². The lowest BCUT2D eigenvalue weighted by atomic mass is 9.72. The van der Waals surface area contributed by atoms with Gasteiger partial charge in [-0.15, -0.1) is 0 Å². The smallest absolute Gasteiger partial charge is 0.422 e. The third-order valence-corrected chi connectivity index (χ3v) is 8.14. The van der Waals surface area contributed by atoms with Gasteiger partial charge in [-0.05, 0) is 55.2 Å². The van der Waals surface area contributed by atoms with Crippen LogP contribution in [0.3, 0.4) is 0 Å². The summed E-state index contributed by atoms with van der Waals surface area (Å²) < 4.78 is 53.5. The molecule has 4 aromatic rings. The van der Waals surface area contributed by atoms with Crippen molar-refractivity contribution in [2.24, 2.45) is 5.41 Å². The average molecular weight is 568 g/mol. The molecule has 11 heteroatoms. The monoisotopic (exact) mass is 567 g/mol. The summed E-state index contributed by atoms with van der Waals surface area (Å²) in [6, 6.07) is 13.4. The van der Waals surface area contributed by atoms with Gasteiger partial charge >= 0.3 is 12.1 Å². The van der Waals surface area contributed by atoms with Gasteiger partial charge < -0.3 is 24.6 Å². The van der Waals surface area contributed by atoms with Gasteiger partial charge in [-0.3, -0.25) is 4.79 Å². The minimum atomic E-state index is -4.75. The Hall–Kier alpha value is -3.96. The van der Waals surface area contributed by atoms with Crippen molar-refractivity contribution in [2.45, 2.75) is 50.8 Å². The molecule has 41 heavy (non-hydrogen) atoms. The highest BCUT2D eigenvalue weighted by molar-refractivity contribution is 5.79. The van der Waals surface area contributed by atoms with Crippen LogP contribution in [-0.2, 0) is 23.8 Å². The number of carboxylic acids is 1. The van der Waals surface area contributed by atoms with E-state index >= 15 is 0 Å². The third kappa shape index (κ3) is 5.15. The molecule has 1 unspecified atom stereocenters. The first-order valence-corrected chi connectivity index (χ1v) is 13.5. The van der Waals surface area contributed by atoms with Crippen LogP contribution in [0.15, 0.2) is 57.6 Å². The zero-order valence-corrected chi connectivity index (χ0v) is 22.0. The Morgan fingerprint density at radius 2 is 1.80 bits per heavy atom. The van der Waals surface area contributed by atoms with Crippen molar-refractivity contribution in [3.63, 3.8) is 0 Å². The Morgan fingerprint density at radius 1 is 1.05 bits per heavy atom. The summed E-state index contributed by atoms with van der Waals surface area (Å²) >= 11 is 0. The number of rotatable bonds is 7. The molecule has 8 nitrogen and oxygen atoms in total. The zero-order chi connectivity index (χ0) is 28.8. The number of aromatic nitrogens is 2. The largest absolute Gasteiger partial charge is 0.481 e. The number of aryl methyl sites for hydroxylation is 1. The van der Waals surface area contributed by atoms with Gasteiger partial charge in [-0.1, -0.05) is 58.8 Å². The summed E-state index contributed by atoms with van der Waals surface area (Å²) in [5, 5.41) is 31.8. The molecular weight excluding hydrogens is 539 g/mol. The van der Waals surface area contributed by atoms with Crippen LogP contribution in [-0.4, -0.2) is 39.6 Å². The molecule has 0 bridgehead atoms. The second kappa shape index (κ2) is 10.5. The number of fused-ring (bicyclic) bond motifs is 3. The van der Waals surface area contributed by atoms with Crippen molar-refractivity contribution in [3.8, 4) is 34.0 Å². The SMILES string of the molecule is O=C(O)C[C@]1(CC(O)c2ccc3c(c2)CCc2c-3noc2-c2noc(-c3ccccc3)c2C(F)(F)F)CCCNC1. The van der Waals surface area contributed by atoms with E-state index in [-0.39, 0.29) is 23.5 Å². The molecule has 2 aromatic heterocycles. The van der Waals surface area contributed by atoms with Gasteiger partial charge in [0.1, 0.15) is 11.3 Å². The number of nitrogens with one attached hydrogen (secondary N) is 1. The Balaban J connectivity index is 1.31. The zero-order valence-electron chi connectivity index (χ0n) is 22.0. The Morgan fingerprint density at radius 3 is 2.51 bits per heavy atom. The Labute approximate surface area is 233 Å². The number of hydrogen-bond acceptors (Lipinski definition) is 7. The van der Waals surface area contributed by atoms with E-state index in [1.165, 1.54) is 12.1 Å². The van der Waals surface area contributed by atoms with Crippen molar-refractivity contribution in [2.75, 3.05) is 13.1 Å². The first-order chi connectivity index (χ1) is 19.7. The van der Waals surface area contributed by atoms with Crippen LogP contribution in [0.2, 0.25) is 0 Å². The lowest BCUT2D eigenvalue weighted by molar-refractivity contribution is -0.141. The maximum atomic E-state index is 14.3. The van der Waals surface area contributed by atoms with E-state index < -0.39 is 34.9 Å². The third-order valence-electron chi connectivity index (χ3n) is 8.14. The number of piperidine rings is 1. The van der Waals surface area contributed by atoms with Crippen LogP contribution in [0, 0.1) is 5.41 Å². The van der Waals surface area contributed by atoms with E-state index in [9.17, 15) is 28.2 Å². The summed E-state index contributed by atoms with van der Waals surface area (Å²) in [5.41, 5.74) is 1.44. The number of benzene rings is 2. The molecule has 0 radical (unpaired) electrons. The molecule has 0 spiro atoms. The van der Waals surface area contributed by atoms with Gasteiger partial charge in [0.15, 0.2) is 17.2 Å². The highest BCUT2D eigenvalue weighted by Crippen LogP contribution is 2.47. The van der Waals surface area contributed by atoms with Crippen LogP contribution in [0.25, 0.3) is 34.0 Å². The highest BCUT2D eigenvalue weighted by Gasteiger charge is 2.43. The van der Waals surface area contributed by atoms with Crippen molar-refractivity contribution < 1.29 is 37.2 Å². The molecule has 1 aliphatic heterocycles. The van der Waals surface area contributed by atoms with E-state index in [1.807, 2.05) is 6.07 Å². The normalized spacial score (nSPS) is 19.4. The fourth-order valence-electron chi connectivity index (χ4n) is 6.23. The van der Waals surface area contributed by atoms with E-state index in [4.69, 9.17) is 9.05 Å². The molecule has 214 valence electrons. The standard InChI is InChI=1S/C30H28F3N3O5/c31-30(32,33)24-26(36-40-27(24)17-5-2-1-3-6-17)28-21-10-7-18-13-19(8-9-20(18)25(21)35-41-28)22(37)14-29(15-23(38)39)11-4-12-34-16-29/h1-3,5-6,8-9,13,22,34,37H,4,7,10-12,14-16H2,(H,38,39)/t22?,29-/m1/s1. The van der Waals surface area contributed by atoms with E-state index in [0.717, 1.165) is 18.5 Å². The Bertz CT molecular complexity index is 1570. The number of halogens is 3. The summed E-state index contributed by atoms with van der Waals surface area (Å²) in [6.07, 6.45) is -2.93. The van der Waals surface area contributed by atoms with Gasteiger partial charge in [0.05, 0.1) is 12.5 Å². The topological polar surface area (TPSA) is 122 Å². The Kier molecular flexibility index (Phi) is 6.95. The van der Waals surface area contributed by atoms with Crippen molar-refractivity contribution in [1.29, 1.82) is 0 Å². The first kappa shape index (κ1) is 27.2. The van der Waals surface area contributed by atoms with Crippen LogP contribution < -0.4 is 5.32 Å². The van der Waals surface area contributed by atoms with Crippen molar-refractivity contribution >= 4 is 5.97 Å².